The lowest BCUT2D eigenvalue weighted by molar-refractivity contribution is -0.124. The van der Waals surface area contributed by atoms with Crippen molar-refractivity contribution in [1.29, 1.82) is 0 Å². The van der Waals surface area contributed by atoms with Crippen LogP contribution in [-0.4, -0.2) is 71.3 Å². The van der Waals surface area contributed by atoms with Crippen LogP contribution in [0, 0.1) is 0 Å². The van der Waals surface area contributed by atoms with E-state index in [2.05, 4.69) is 73.0 Å². The van der Waals surface area contributed by atoms with Crippen molar-refractivity contribution in [3.05, 3.63) is 12.3 Å². The van der Waals surface area contributed by atoms with Crippen LogP contribution >= 0.6 is 11.6 Å². The highest BCUT2D eigenvalue weighted by molar-refractivity contribution is 6.74. The third-order valence-corrected chi connectivity index (χ3v) is 16.9. The molecule has 182 valence electrons. The van der Waals surface area contributed by atoms with Gasteiger partial charge in [0.15, 0.2) is 29.0 Å². The van der Waals surface area contributed by atoms with Crippen LogP contribution < -0.4 is 5.32 Å². The van der Waals surface area contributed by atoms with Crippen molar-refractivity contribution in [3.8, 4) is 0 Å². The van der Waals surface area contributed by atoms with Gasteiger partial charge in [0.05, 0.1) is 19.2 Å². The fraction of sp³-hybridized carbons (Fsp3) is 0.909. The first-order chi connectivity index (χ1) is 14.0. The van der Waals surface area contributed by atoms with E-state index in [0.29, 0.717) is 6.67 Å². The van der Waals surface area contributed by atoms with E-state index < -0.39 is 40.7 Å². The zero-order valence-electron chi connectivity index (χ0n) is 21.1. The van der Waals surface area contributed by atoms with E-state index >= 15 is 4.39 Å². The summed E-state index contributed by atoms with van der Waals surface area (Å²) in [6, 6.07) is 0. The van der Waals surface area contributed by atoms with Gasteiger partial charge in [-0.2, -0.15) is 0 Å². The molecule has 0 aliphatic carbocycles. The molecule has 2 rings (SSSR count). The number of hydrogen-bond donors (Lipinski definition) is 1. The Labute approximate surface area is 196 Å². The Hall–Kier alpha value is 0.0338. The largest absolute Gasteiger partial charge is 0.414 e. The summed E-state index contributed by atoms with van der Waals surface area (Å²) < 4.78 is 35.7. The van der Waals surface area contributed by atoms with Gasteiger partial charge in [-0.1, -0.05) is 47.6 Å². The molecule has 0 bridgehead atoms. The summed E-state index contributed by atoms with van der Waals surface area (Å²) in [5.74, 6) is 0.114. The first-order valence-corrected chi connectivity index (χ1v) is 17.7. The Morgan fingerprint density at radius 3 is 2.16 bits per heavy atom. The minimum Gasteiger partial charge on any atom is -0.414 e. The minimum atomic E-state index is -2.28. The Kier molecular flexibility index (Phi) is 8.23. The lowest BCUT2D eigenvalue weighted by Gasteiger charge is -2.44. The van der Waals surface area contributed by atoms with Gasteiger partial charge in [-0.15, -0.1) is 11.6 Å². The van der Waals surface area contributed by atoms with E-state index in [-0.39, 0.29) is 22.6 Å². The molecule has 0 spiro atoms. The van der Waals surface area contributed by atoms with E-state index in [1.807, 2.05) is 17.2 Å². The Bertz CT molecular complexity index is 652. The summed E-state index contributed by atoms with van der Waals surface area (Å²) in [5.41, 5.74) is -1.04. The van der Waals surface area contributed by atoms with Gasteiger partial charge in [-0.05, 0) is 36.3 Å². The average molecular weight is 495 g/mol. The molecule has 0 aromatic carbocycles. The smallest absolute Gasteiger partial charge is 0.192 e. The molecule has 31 heavy (non-hydrogen) atoms. The Balaban J connectivity index is 2.39. The highest BCUT2D eigenvalue weighted by Gasteiger charge is 2.60. The van der Waals surface area contributed by atoms with Crippen LogP contribution in [0.15, 0.2) is 12.3 Å². The molecule has 0 aromatic rings. The Morgan fingerprint density at radius 1 is 1.13 bits per heavy atom. The predicted octanol–water partition coefficient (Wildman–Crippen LogP) is 5.45. The van der Waals surface area contributed by atoms with Crippen LogP contribution in [0.4, 0.5) is 4.39 Å². The van der Waals surface area contributed by atoms with Gasteiger partial charge in [0.1, 0.15) is 11.7 Å². The van der Waals surface area contributed by atoms with E-state index in [4.69, 9.17) is 25.2 Å². The summed E-state index contributed by atoms with van der Waals surface area (Å²) in [6.07, 6.45) is 0.990. The molecule has 1 N–H and O–H groups in total. The summed E-state index contributed by atoms with van der Waals surface area (Å²) in [4.78, 5) is 1.86. The fourth-order valence-electron chi connectivity index (χ4n) is 3.20. The first kappa shape index (κ1) is 27.3. The van der Waals surface area contributed by atoms with E-state index in [1.54, 1.807) is 0 Å². The number of nitrogens with zero attached hydrogens (tertiary/aromatic N) is 1. The maximum absolute atomic E-state index is 16.1. The number of ether oxygens (including phenoxy) is 1. The zero-order valence-corrected chi connectivity index (χ0v) is 23.9. The van der Waals surface area contributed by atoms with Crippen molar-refractivity contribution >= 4 is 28.2 Å². The van der Waals surface area contributed by atoms with Gasteiger partial charge in [-0.3, -0.25) is 5.32 Å². The molecule has 4 atom stereocenters. The molecule has 2 aliphatic rings. The van der Waals surface area contributed by atoms with Crippen LogP contribution in [0.25, 0.3) is 0 Å². The molecule has 9 heteroatoms. The second-order valence-corrected chi connectivity index (χ2v) is 21.8. The molecule has 0 saturated carbocycles. The topological polar surface area (TPSA) is 43.0 Å². The number of hydrogen-bond acceptors (Lipinski definition) is 5. The van der Waals surface area contributed by atoms with Gasteiger partial charge < -0.3 is 18.5 Å². The van der Waals surface area contributed by atoms with Crippen molar-refractivity contribution in [1.82, 2.24) is 10.2 Å². The quantitative estimate of drug-likeness (QED) is 0.376. The standard InChI is InChI=1S/C22H44ClFN2O3Si2/c1-20(2,3)30(7,8)27-15-22(14-23)18(29-31(9,10)21(4,5)6)17(24)19(28-22)26-13-11-12-25-16-26/h11,13,17-19,25H,12,14-16H2,1-10H3/t17-,18-,19+,22+/m0/s1. The third kappa shape index (κ3) is 5.76. The van der Waals surface area contributed by atoms with Gasteiger partial charge in [0, 0.05) is 12.7 Å². The van der Waals surface area contributed by atoms with E-state index in [1.165, 1.54) is 0 Å². The summed E-state index contributed by atoms with van der Waals surface area (Å²) in [7, 11) is -4.37. The van der Waals surface area contributed by atoms with Crippen LogP contribution in [0.1, 0.15) is 41.5 Å². The molecular weight excluding hydrogens is 451 g/mol. The van der Waals surface area contributed by atoms with Gasteiger partial charge in [-0.25, -0.2) is 4.39 Å². The van der Waals surface area contributed by atoms with Crippen molar-refractivity contribution < 1.29 is 18.0 Å². The first-order valence-electron chi connectivity index (χ1n) is 11.3. The average Bonchev–Trinajstić information content (AvgIpc) is 2.92. The fourth-order valence-corrected chi connectivity index (χ4v) is 5.87. The molecule has 1 saturated heterocycles. The predicted molar refractivity (Wildman–Crippen MR) is 132 cm³/mol. The lowest BCUT2D eigenvalue weighted by Crippen LogP contribution is -2.57. The maximum Gasteiger partial charge on any atom is 0.192 e. The molecule has 2 heterocycles. The van der Waals surface area contributed by atoms with Gasteiger partial charge >= 0.3 is 0 Å². The summed E-state index contributed by atoms with van der Waals surface area (Å²) in [5, 5.41) is 3.21. The van der Waals surface area contributed by atoms with Crippen LogP contribution in [0.5, 0.6) is 0 Å². The van der Waals surface area contributed by atoms with Gasteiger partial charge in [0.2, 0.25) is 0 Å². The summed E-state index contributed by atoms with van der Waals surface area (Å²) >= 11 is 6.54. The molecule has 0 unspecified atom stereocenters. The minimum absolute atomic E-state index is 0.0307. The van der Waals surface area contributed by atoms with Crippen LogP contribution in [-0.2, 0) is 13.6 Å². The number of rotatable bonds is 7. The normalized spacial score (nSPS) is 30.8. The maximum atomic E-state index is 16.1. The van der Waals surface area contributed by atoms with Crippen molar-refractivity contribution in [3.63, 3.8) is 0 Å². The van der Waals surface area contributed by atoms with Crippen molar-refractivity contribution in [2.45, 2.75) is 102 Å². The van der Waals surface area contributed by atoms with Crippen molar-refractivity contribution in [2.75, 3.05) is 25.7 Å². The molecule has 0 radical (unpaired) electrons. The second-order valence-electron chi connectivity index (χ2n) is 12.0. The number of nitrogens with one attached hydrogen (secondary N) is 1. The Morgan fingerprint density at radius 2 is 1.71 bits per heavy atom. The zero-order chi connectivity index (χ0) is 23.9. The molecule has 0 aromatic heterocycles. The lowest BCUT2D eigenvalue weighted by atomic mass is 9.99. The molecule has 1 fully saturated rings. The molecule has 0 amide bonds. The van der Waals surface area contributed by atoms with Gasteiger partial charge in [0.25, 0.3) is 0 Å². The molecular formula is C22H44ClFN2O3Si2. The molecule has 2 aliphatic heterocycles. The van der Waals surface area contributed by atoms with Crippen LogP contribution in [0.2, 0.25) is 36.3 Å². The SMILES string of the molecule is CC(C)(C)[Si](C)(C)OC[C@@]1(CCl)O[C@@H](N2C=CCNC2)[C@@H](F)[C@@H]1O[Si](C)(C)C(C)(C)C. The third-order valence-electron chi connectivity index (χ3n) is 7.55. The molecule has 5 nitrogen and oxygen atoms in total. The van der Waals surface area contributed by atoms with Crippen molar-refractivity contribution in [2.24, 2.45) is 0 Å². The highest BCUT2D eigenvalue weighted by atomic mass is 35.5. The monoisotopic (exact) mass is 494 g/mol. The second kappa shape index (κ2) is 9.35. The number of alkyl halides is 2. The van der Waals surface area contributed by atoms with Crippen LogP contribution in [0.3, 0.4) is 0 Å². The highest BCUT2D eigenvalue weighted by Crippen LogP contribution is 2.46. The number of halogens is 2. The summed E-state index contributed by atoms with van der Waals surface area (Å²) in [6.45, 7) is 23.2. The van der Waals surface area contributed by atoms with E-state index in [0.717, 1.165) is 6.54 Å². The van der Waals surface area contributed by atoms with E-state index in [9.17, 15) is 0 Å².